The van der Waals surface area contributed by atoms with E-state index < -0.39 is 0 Å². The summed E-state index contributed by atoms with van der Waals surface area (Å²) in [4.78, 5) is 8.16. The zero-order valence-corrected chi connectivity index (χ0v) is 13.4. The molecule has 0 aliphatic rings. The SMILES string of the molecule is C=N/C(NC(C)CC)=C(\C)CCC[C@@H](C)CC=NC. The molecule has 0 radical (unpaired) electrons. The Kier molecular flexibility index (Phi) is 10.1. The quantitative estimate of drug-likeness (QED) is 0.590. The number of aliphatic imine (C=N–C) groups is 2. The third kappa shape index (κ3) is 8.57. The van der Waals surface area contributed by atoms with E-state index in [1.54, 1.807) is 0 Å². The van der Waals surface area contributed by atoms with Crippen LogP contribution in [0, 0.1) is 5.92 Å². The topological polar surface area (TPSA) is 36.8 Å². The van der Waals surface area contributed by atoms with Crippen LogP contribution in [0.2, 0.25) is 0 Å². The maximum Gasteiger partial charge on any atom is 0.124 e. The number of hydrogen-bond acceptors (Lipinski definition) is 3. The lowest BCUT2D eigenvalue weighted by Crippen LogP contribution is -2.24. The molecule has 1 unspecified atom stereocenters. The first-order valence-electron chi connectivity index (χ1n) is 7.38. The molecule has 0 aliphatic heterocycles. The van der Waals surface area contributed by atoms with Gasteiger partial charge in [-0.05, 0) is 64.0 Å². The molecule has 1 N–H and O–H groups in total. The van der Waals surface area contributed by atoms with Gasteiger partial charge in [0.25, 0.3) is 0 Å². The van der Waals surface area contributed by atoms with Gasteiger partial charge in [-0.1, -0.05) is 20.3 Å². The second-order valence-corrected chi connectivity index (χ2v) is 5.41. The Balaban J connectivity index is 4.17. The Hall–Kier alpha value is -1.12. The van der Waals surface area contributed by atoms with Crippen molar-refractivity contribution < 1.29 is 0 Å². The van der Waals surface area contributed by atoms with Crippen molar-refractivity contribution in [1.29, 1.82) is 0 Å². The minimum Gasteiger partial charge on any atom is -0.368 e. The van der Waals surface area contributed by atoms with E-state index >= 15 is 0 Å². The molecular weight excluding hydrogens is 234 g/mol. The highest BCUT2D eigenvalue weighted by atomic mass is 15.0. The van der Waals surface area contributed by atoms with Crippen LogP contribution in [0.15, 0.2) is 21.4 Å². The summed E-state index contributed by atoms with van der Waals surface area (Å²) < 4.78 is 0. The van der Waals surface area contributed by atoms with Gasteiger partial charge in [-0.2, -0.15) is 0 Å². The third-order valence-electron chi connectivity index (χ3n) is 3.50. The van der Waals surface area contributed by atoms with Gasteiger partial charge in [0.1, 0.15) is 5.82 Å². The number of hydrogen-bond donors (Lipinski definition) is 1. The third-order valence-corrected chi connectivity index (χ3v) is 3.50. The van der Waals surface area contributed by atoms with Gasteiger partial charge in [-0.25, -0.2) is 4.99 Å². The van der Waals surface area contributed by atoms with Gasteiger partial charge in [0.05, 0.1) is 0 Å². The Morgan fingerprint density at radius 2 is 2.05 bits per heavy atom. The van der Waals surface area contributed by atoms with Gasteiger partial charge in [0, 0.05) is 13.1 Å². The molecule has 0 saturated carbocycles. The van der Waals surface area contributed by atoms with Gasteiger partial charge in [-0.3, -0.25) is 0 Å². The minimum atomic E-state index is 0.454. The van der Waals surface area contributed by atoms with E-state index in [1.807, 2.05) is 13.3 Å². The molecule has 0 heterocycles. The van der Waals surface area contributed by atoms with Crippen LogP contribution >= 0.6 is 0 Å². The molecule has 0 amide bonds. The Labute approximate surface area is 119 Å². The van der Waals surface area contributed by atoms with Crippen molar-refractivity contribution in [2.75, 3.05) is 7.05 Å². The summed E-state index contributed by atoms with van der Waals surface area (Å²) in [5.74, 6) is 1.68. The van der Waals surface area contributed by atoms with E-state index in [2.05, 4.69) is 49.7 Å². The van der Waals surface area contributed by atoms with Crippen LogP contribution in [0.25, 0.3) is 0 Å². The molecule has 3 heteroatoms. The highest BCUT2D eigenvalue weighted by molar-refractivity contribution is 5.57. The van der Waals surface area contributed by atoms with E-state index in [4.69, 9.17) is 0 Å². The Bertz CT molecular complexity index is 305. The van der Waals surface area contributed by atoms with E-state index in [-0.39, 0.29) is 0 Å². The maximum absolute atomic E-state index is 4.12. The first kappa shape index (κ1) is 17.9. The number of rotatable bonds is 10. The number of nitrogens with zero attached hydrogens (tertiary/aromatic N) is 2. The fourth-order valence-electron chi connectivity index (χ4n) is 1.88. The highest BCUT2D eigenvalue weighted by Gasteiger charge is 2.05. The normalized spacial score (nSPS) is 16.1. The maximum atomic E-state index is 4.12. The molecule has 0 aromatic heterocycles. The van der Waals surface area contributed by atoms with Crippen LogP contribution in [-0.4, -0.2) is 26.0 Å². The van der Waals surface area contributed by atoms with Crippen molar-refractivity contribution in [2.24, 2.45) is 15.9 Å². The molecule has 0 aromatic rings. The van der Waals surface area contributed by atoms with Crippen LogP contribution < -0.4 is 5.32 Å². The molecule has 2 atom stereocenters. The second kappa shape index (κ2) is 10.8. The second-order valence-electron chi connectivity index (χ2n) is 5.41. The van der Waals surface area contributed by atoms with Crippen LogP contribution in [-0.2, 0) is 0 Å². The average molecular weight is 265 g/mol. The van der Waals surface area contributed by atoms with Crippen molar-refractivity contribution >= 4 is 12.9 Å². The van der Waals surface area contributed by atoms with Crippen molar-refractivity contribution in [2.45, 2.75) is 65.8 Å². The summed E-state index contributed by atoms with van der Waals surface area (Å²) in [5.41, 5.74) is 1.31. The largest absolute Gasteiger partial charge is 0.368 e. The van der Waals surface area contributed by atoms with Gasteiger partial charge in [-0.15, -0.1) is 0 Å². The predicted octanol–water partition coefficient (Wildman–Crippen LogP) is 4.20. The molecule has 110 valence electrons. The first-order valence-corrected chi connectivity index (χ1v) is 7.38. The highest BCUT2D eigenvalue weighted by Crippen LogP contribution is 2.16. The Morgan fingerprint density at radius 1 is 1.37 bits per heavy atom. The lowest BCUT2D eigenvalue weighted by Gasteiger charge is -2.16. The molecule has 0 saturated heterocycles. The molecular formula is C16H31N3. The summed E-state index contributed by atoms with van der Waals surface area (Å²) in [6, 6.07) is 0.454. The predicted molar refractivity (Wildman–Crippen MR) is 87.2 cm³/mol. The summed E-state index contributed by atoms with van der Waals surface area (Å²) >= 11 is 0. The summed E-state index contributed by atoms with van der Waals surface area (Å²) in [5, 5.41) is 3.42. The summed E-state index contributed by atoms with van der Waals surface area (Å²) in [7, 11) is 1.84. The van der Waals surface area contributed by atoms with Gasteiger partial charge >= 0.3 is 0 Å². The molecule has 3 nitrogen and oxygen atoms in total. The van der Waals surface area contributed by atoms with Crippen LogP contribution in [0.5, 0.6) is 0 Å². The molecule has 19 heavy (non-hydrogen) atoms. The van der Waals surface area contributed by atoms with Crippen molar-refractivity contribution in [1.82, 2.24) is 5.32 Å². The molecule has 0 aromatic carbocycles. The van der Waals surface area contributed by atoms with E-state index in [0.717, 1.165) is 25.1 Å². The van der Waals surface area contributed by atoms with Crippen LogP contribution in [0.3, 0.4) is 0 Å². The molecule has 0 bridgehead atoms. The molecule has 0 rings (SSSR count). The van der Waals surface area contributed by atoms with E-state index in [1.165, 1.54) is 18.4 Å². The zero-order chi connectivity index (χ0) is 14.7. The van der Waals surface area contributed by atoms with Crippen molar-refractivity contribution in [3.05, 3.63) is 11.4 Å². The monoisotopic (exact) mass is 265 g/mol. The average Bonchev–Trinajstić information content (AvgIpc) is 2.41. The van der Waals surface area contributed by atoms with Gasteiger partial charge < -0.3 is 10.3 Å². The molecule has 0 aliphatic carbocycles. The van der Waals surface area contributed by atoms with Crippen LogP contribution in [0.4, 0.5) is 0 Å². The fourth-order valence-corrected chi connectivity index (χ4v) is 1.88. The smallest absolute Gasteiger partial charge is 0.124 e. The Morgan fingerprint density at radius 3 is 2.58 bits per heavy atom. The summed E-state index contributed by atoms with van der Waals surface area (Å²) in [6.07, 6.45) is 7.71. The van der Waals surface area contributed by atoms with E-state index in [0.29, 0.717) is 12.0 Å². The van der Waals surface area contributed by atoms with Gasteiger partial charge in [0.15, 0.2) is 0 Å². The standard InChI is InChI=1S/C16H31N3/c1-7-15(4)19-16(18-6)14(3)10-8-9-13(2)11-12-17-5/h12-13,15,19H,6-11H2,1-5H3/b16-14-,17-12?/t13-,15?/m1/s1. The van der Waals surface area contributed by atoms with Crippen molar-refractivity contribution in [3.63, 3.8) is 0 Å². The van der Waals surface area contributed by atoms with E-state index in [9.17, 15) is 0 Å². The van der Waals surface area contributed by atoms with Gasteiger partial charge in [0.2, 0.25) is 0 Å². The number of nitrogens with one attached hydrogen (secondary N) is 1. The zero-order valence-electron chi connectivity index (χ0n) is 13.4. The van der Waals surface area contributed by atoms with Crippen LogP contribution in [0.1, 0.15) is 59.8 Å². The lowest BCUT2D eigenvalue weighted by molar-refractivity contribution is 0.525. The fraction of sp³-hybridized carbons (Fsp3) is 0.750. The summed E-state index contributed by atoms with van der Waals surface area (Å²) in [6.45, 7) is 12.4. The lowest BCUT2D eigenvalue weighted by atomic mass is 9.99. The number of allylic oxidation sites excluding steroid dienone is 1. The molecule has 0 spiro atoms. The molecule has 0 fully saturated rings. The van der Waals surface area contributed by atoms with Crippen molar-refractivity contribution in [3.8, 4) is 0 Å². The minimum absolute atomic E-state index is 0.454. The first-order chi connectivity index (χ1) is 9.04.